The third-order valence-corrected chi connectivity index (χ3v) is 7.49. The van der Waals surface area contributed by atoms with Gasteiger partial charge in [0, 0.05) is 19.5 Å². The molecule has 2 aromatic carbocycles. The molecule has 2 aliphatic rings. The van der Waals surface area contributed by atoms with E-state index in [1.165, 1.54) is 4.90 Å². The fourth-order valence-corrected chi connectivity index (χ4v) is 5.44. The van der Waals surface area contributed by atoms with E-state index in [1.54, 1.807) is 34.6 Å². The molecule has 1 fully saturated rings. The van der Waals surface area contributed by atoms with Gasteiger partial charge in [0.2, 0.25) is 21.8 Å². The first kappa shape index (κ1) is 20.6. The van der Waals surface area contributed by atoms with E-state index < -0.39 is 10.0 Å². The summed E-state index contributed by atoms with van der Waals surface area (Å²) < 4.78 is 27.0. The molecule has 0 saturated carbocycles. The van der Waals surface area contributed by atoms with Crippen molar-refractivity contribution in [2.45, 2.75) is 37.0 Å². The third-order valence-electron chi connectivity index (χ3n) is 5.58. The van der Waals surface area contributed by atoms with Crippen molar-refractivity contribution in [3.05, 3.63) is 54.1 Å². The van der Waals surface area contributed by atoms with Crippen molar-refractivity contribution in [2.75, 3.05) is 29.9 Å². The Bertz CT molecular complexity index is 1040. The quantitative estimate of drug-likeness (QED) is 0.795. The summed E-state index contributed by atoms with van der Waals surface area (Å²) in [4.78, 5) is 26.5. The first-order valence-electron chi connectivity index (χ1n) is 10.2. The van der Waals surface area contributed by atoms with Crippen molar-refractivity contribution in [2.24, 2.45) is 0 Å². The van der Waals surface area contributed by atoms with Gasteiger partial charge in [0.05, 0.1) is 16.3 Å². The Morgan fingerprint density at radius 1 is 0.967 bits per heavy atom. The minimum atomic E-state index is -3.45. The monoisotopic (exact) mass is 427 g/mol. The van der Waals surface area contributed by atoms with Gasteiger partial charge in [-0.05, 0) is 49.1 Å². The van der Waals surface area contributed by atoms with Crippen molar-refractivity contribution in [3.8, 4) is 0 Å². The van der Waals surface area contributed by atoms with Crippen LogP contribution in [0.4, 0.5) is 11.4 Å². The average Bonchev–Trinajstić information content (AvgIpc) is 2.77. The number of aryl methyl sites for hydroxylation is 1. The smallest absolute Gasteiger partial charge is 0.244 e. The minimum absolute atomic E-state index is 0.00284. The summed E-state index contributed by atoms with van der Waals surface area (Å²) in [6, 6.07) is 14.0. The molecule has 30 heavy (non-hydrogen) atoms. The van der Waals surface area contributed by atoms with Gasteiger partial charge in [-0.1, -0.05) is 30.7 Å². The molecule has 0 radical (unpaired) electrons. The molecule has 2 amide bonds. The Morgan fingerprint density at radius 3 is 2.40 bits per heavy atom. The third kappa shape index (κ3) is 4.24. The van der Waals surface area contributed by atoms with E-state index in [-0.39, 0.29) is 24.8 Å². The molecule has 0 bridgehead atoms. The number of rotatable bonds is 5. The fourth-order valence-electron chi connectivity index (χ4n) is 3.92. The molecule has 1 saturated heterocycles. The SMILES string of the molecule is O=C1CN(C(=O)CCc2ccc(S(=O)(=O)N3CCCCC3)cc2)c2ccccc2N1. The van der Waals surface area contributed by atoms with Crippen LogP contribution in [0.5, 0.6) is 0 Å². The molecule has 0 aliphatic carbocycles. The number of hydrogen-bond donors (Lipinski definition) is 1. The van der Waals surface area contributed by atoms with Crippen molar-refractivity contribution in [1.29, 1.82) is 0 Å². The van der Waals surface area contributed by atoms with Crippen LogP contribution < -0.4 is 10.2 Å². The zero-order valence-electron chi connectivity index (χ0n) is 16.7. The van der Waals surface area contributed by atoms with Crippen LogP contribution in [0.25, 0.3) is 0 Å². The zero-order chi connectivity index (χ0) is 21.1. The number of hydrogen-bond acceptors (Lipinski definition) is 4. The number of amides is 2. The Balaban J connectivity index is 1.41. The van der Waals surface area contributed by atoms with Crippen molar-refractivity contribution in [3.63, 3.8) is 0 Å². The van der Waals surface area contributed by atoms with E-state index in [9.17, 15) is 18.0 Å². The number of carbonyl (C=O) groups is 2. The molecule has 4 rings (SSSR count). The number of sulfonamides is 1. The van der Waals surface area contributed by atoms with Crippen molar-refractivity contribution >= 4 is 33.2 Å². The second-order valence-electron chi connectivity index (χ2n) is 7.65. The lowest BCUT2D eigenvalue weighted by Crippen LogP contribution is -2.42. The molecule has 158 valence electrons. The topological polar surface area (TPSA) is 86.8 Å². The summed E-state index contributed by atoms with van der Waals surface area (Å²) in [5, 5.41) is 2.77. The molecule has 0 unspecified atom stereocenters. The van der Waals surface area contributed by atoms with Crippen LogP contribution in [0.15, 0.2) is 53.4 Å². The fraction of sp³-hybridized carbons (Fsp3) is 0.364. The predicted molar refractivity (Wildman–Crippen MR) is 115 cm³/mol. The number of anilines is 2. The highest BCUT2D eigenvalue weighted by Gasteiger charge is 2.27. The summed E-state index contributed by atoms with van der Waals surface area (Å²) in [6.07, 6.45) is 3.58. The largest absolute Gasteiger partial charge is 0.323 e. The summed E-state index contributed by atoms with van der Waals surface area (Å²) in [7, 11) is -3.45. The first-order valence-corrected chi connectivity index (χ1v) is 11.7. The first-order chi connectivity index (χ1) is 14.4. The normalized spacial score (nSPS) is 17.3. The van der Waals surface area contributed by atoms with Gasteiger partial charge >= 0.3 is 0 Å². The molecule has 2 aromatic rings. The van der Waals surface area contributed by atoms with E-state index in [2.05, 4.69) is 5.32 Å². The molecule has 7 nitrogen and oxygen atoms in total. The molecule has 8 heteroatoms. The highest BCUT2D eigenvalue weighted by atomic mass is 32.2. The van der Waals surface area contributed by atoms with Gasteiger partial charge in [0.15, 0.2) is 0 Å². The van der Waals surface area contributed by atoms with Crippen LogP contribution in [-0.4, -0.2) is 44.2 Å². The number of para-hydroxylation sites is 2. The Labute approximate surface area is 176 Å². The van der Waals surface area contributed by atoms with E-state index in [4.69, 9.17) is 0 Å². The summed E-state index contributed by atoms with van der Waals surface area (Å²) >= 11 is 0. The van der Waals surface area contributed by atoms with Gasteiger partial charge in [-0.25, -0.2) is 8.42 Å². The van der Waals surface area contributed by atoms with Gasteiger partial charge in [-0.3, -0.25) is 9.59 Å². The number of fused-ring (bicyclic) bond motifs is 1. The second kappa shape index (κ2) is 8.57. The molecule has 2 heterocycles. The second-order valence-corrected chi connectivity index (χ2v) is 9.59. The lowest BCUT2D eigenvalue weighted by Gasteiger charge is -2.29. The van der Waals surface area contributed by atoms with E-state index >= 15 is 0 Å². The zero-order valence-corrected chi connectivity index (χ0v) is 17.5. The standard InChI is InChI=1S/C22H25N3O4S/c26-21-16-25(20-7-3-2-6-19(20)23-21)22(27)13-10-17-8-11-18(12-9-17)30(28,29)24-14-4-1-5-15-24/h2-3,6-9,11-12H,1,4-5,10,13-16H2,(H,23,26). The van der Waals surface area contributed by atoms with E-state index in [0.29, 0.717) is 35.8 Å². The number of piperidine rings is 1. The highest BCUT2D eigenvalue weighted by Crippen LogP contribution is 2.29. The molecule has 0 atom stereocenters. The maximum Gasteiger partial charge on any atom is 0.244 e. The van der Waals surface area contributed by atoms with E-state index in [1.807, 2.05) is 18.2 Å². The molecular weight excluding hydrogens is 402 g/mol. The van der Waals surface area contributed by atoms with Gasteiger partial charge in [-0.2, -0.15) is 4.31 Å². The van der Waals surface area contributed by atoms with Crippen LogP contribution >= 0.6 is 0 Å². The minimum Gasteiger partial charge on any atom is -0.323 e. The summed E-state index contributed by atoms with van der Waals surface area (Å²) in [6.45, 7) is 1.15. The van der Waals surface area contributed by atoms with E-state index in [0.717, 1.165) is 24.8 Å². The van der Waals surface area contributed by atoms with Crippen LogP contribution in [0.2, 0.25) is 0 Å². The Hall–Kier alpha value is -2.71. The Morgan fingerprint density at radius 2 is 1.67 bits per heavy atom. The number of nitrogens with zero attached hydrogens (tertiary/aromatic N) is 2. The molecule has 2 aliphatic heterocycles. The van der Waals surface area contributed by atoms with Gasteiger partial charge in [0.1, 0.15) is 6.54 Å². The highest BCUT2D eigenvalue weighted by molar-refractivity contribution is 7.89. The van der Waals surface area contributed by atoms with Gasteiger partial charge in [-0.15, -0.1) is 0 Å². The molecule has 0 spiro atoms. The van der Waals surface area contributed by atoms with Gasteiger partial charge < -0.3 is 10.2 Å². The van der Waals surface area contributed by atoms with Crippen LogP contribution in [0.1, 0.15) is 31.2 Å². The van der Waals surface area contributed by atoms with Crippen LogP contribution in [0.3, 0.4) is 0 Å². The molecule has 1 N–H and O–H groups in total. The lowest BCUT2D eigenvalue weighted by molar-refractivity contribution is -0.121. The van der Waals surface area contributed by atoms with Crippen LogP contribution in [-0.2, 0) is 26.0 Å². The predicted octanol–water partition coefficient (Wildman–Crippen LogP) is 2.78. The number of nitrogens with one attached hydrogen (secondary N) is 1. The molecule has 0 aromatic heterocycles. The summed E-state index contributed by atoms with van der Waals surface area (Å²) in [5.41, 5.74) is 2.22. The van der Waals surface area contributed by atoms with Gasteiger partial charge in [0.25, 0.3) is 0 Å². The number of carbonyl (C=O) groups excluding carboxylic acids is 2. The number of benzene rings is 2. The van der Waals surface area contributed by atoms with Crippen LogP contribution in [0, 0.1) is 0 Å². The summed E-state index contributed by atoms with van der Waals surface area (Å²) in [5.74, 6) is -0.350. The molecular formula is C22H25N3O4S. The average molecular weight is 428 g/mol. The van der Waals surface area contributed by atoms with Crippen molar-refractivity contribution in [1.82, 2.24) is 4.31 Å². The maximum absolute atomic E-state index is 12.8. The van der Waals surface area contributed by atoms with Crippen molar-refractivity contribution < 1.29 is 18.0 Å². The Kier molecular flexibility index (Phi) is 5.87. The lowest BCUT2D eigenvalue weighted by atomic mass is 10.1. The maximum atomic E-state index is 12.8.